The van der Waals surface area contributed by atoms with Crippen LogP contribution in [0.4, 0.5) is 0 Å². The largest absolute Gasteiger partial charge is 0.216 e. The third-order valence-electron chi connectivity index (χ3n) is 3.24. The van der Waals surface area contributed by atoms with E-state index in [1.807, 2.05) is 13.0 Å². The molecular formula is C16H24N2O2S. The van der Waals surface area contributed by atoms with Crippen molar-refractivity contribution in [1.29, 1.82) is 5.26 Å². The number of sulfonamides is 1. The van der Waals surface area contributed by atoms with E-state index in [1.165, 1.54) is 0 Å². The van der Waals surface area contributed by atoms with Crippen LogP contribution in [0.25, 0.3) is 0 Å². The van der Waals surface area contributed by atoms with Crippen molar-refractivity contribution in [2.45, 2.75) is 51.8 Å². The first-order chi connectivity index (χ1) is 9.82. The van der Waals surface area contributed by atoms with E-state index in [0.717, 1.165) is 19.3 Å². The van der Waals surface area contributed by atoms with Crippen LogP contribution in [-0.4, -0.2) is 14.5 Å². The molecule has 1 atom stereocenters. The summed E-state index contributed by atoms with van der Waals surface area (Å²) < 4.78 is 26.9. The summed E-state index contributed by atoms with van der Waals surface area (Å²) in [7, 11) is -3.34. The molecule has 0 aromatic heterocycles. The van der Waals surface area contributed by atoms with Crippen molar-refractivity contribution >= 4 is 10.0 Å². The van der Waals surface area contributed by atoms with Gasteiger partial charge in [0.1, 0.15) is 0 Å². The summed E-state index contributed by atoms with van der Waals surface area (Å²) in [5.74, 6) is 0.597. The molecule has 0 saturated carbocycles. The van der Waals surface area contributed by atoms with Crippen LogP contribution >= 0.6 is 0 Å². The molecule has 1 N–H and O–H groups in total. The molecule has 0 amide bonds. The standard InChI is InChI=1S/C16H24N2O2S/c1-13(2)5-4-6-14(3)18-21(19,20)12-16-9-7-15(11-17)8-10-16/h7-10,13-14,18H,4-6,12H2,1-3H3. The molecule has 1 aromatic rings. The Hall–Kier alpha value is -1.38. The van der Waals surface area contributed by atoms with Crippen LogP contribution in [0, 0.1) is 17.2 Å². The first-order valence-corrected chi connectivity index (χ1v) is 8.96. The van der Waals surface area contributed by atoms with Crippen LogP contribution in [0.5, 0.6) is 0 Å². The molecule has 0 bridgehead atoms. The molecule has 5 heteroatoms. The molecule has 0 aliphatic heterocycles. The van der Waals surface area contributed by atoms with E-state index in [-0.39, 0.29) is 11.8 Å². The van der Waals surface area contributed by atoms with Crippen molar-refractivity contribution in [1.82, 2.24) is 4.72 Å². The molecule has 0 spiro atoms. The lowest BCUT2D eigenvalue weighted by atomic mass is 10.0. The minimum atomic E-state index is -3.34. The Kier molecular flexibility index (Phi) is 6.86. The van der Waals surface area contributed by atoms with E-state index < -0.39 is 10.0 Å². The second-order valence-electron chi connectivity index (χ2n) is 5.91. The summed E-state index contributed by atoms with van der Waals surface area (Å²) in [4.78, 5) is 0. The Balaban J connectivity index is 2.50. The highest BCUT2D eigenvalue weighted by molar-refractivity contribution is 7.88. The van der Waals surface area contributed by atoms with Crippen molar-refractivity contribution in [2.24, 2.45) is 5.92 Å². The van der Waals surface area contributed by atoms with Crippen LogP contribution in [0.2, 0.25) is 0 Å². The van der Waals surface area contributed by atoms with Gasteiger partial charge < -0.3 is 0 Å². The van der Waals surface area contributed by atoms with Gasteiger partial charge in [-0.25, -0.2) is 13.1 Å². The van der Waals surface area contributed by atoms with Gasteiger partial charge in [0.05, 0.1) is 17.4 Å². The topological polar surface area (TPSA) is 70.0 Å². The fourth-order valence-corrected chi connectivity index (χ4v) is 3.58. The molecule has 1 unspecified atom stereocenters. The predicted octanol–water partition coefficient (Wildman–Crippen LogP) is 3.19. The van der Waals surface area contributed by atoms with Crippen LogP contribution in [-0.2, 0) is 15.8 Å². The van der Waals surface area contributed by atoms with Gasteiger partial charge in [-0.2, -0.15) is 5.26 Å². The number of benzene rings is 1. The third-order valence-corrected chi connectivity index (χ3v) is 4.71. The van der Waals surface area contributed by atoms with Crippen LogP contribution in [0.1, 0.15) is 51.2 Å². The van der Waals surface area contributed by atoms with Gasteiger partial charge in [0.15, 0.2) is 0 Å². The number of rotatable bonds is 8. The van der Waals surface area contributed by atoms with Gasteiger partial charge in [0, 0.05) is 6.04 Å². The van der Waals surface area contributed by atoms with Gasteiger partial charge in [-0.3, -0.25) is 0 Å². The third kappa shape index (κ3) is 7.26. The lowest BCUT2D eigenvalue weighted by molar-refractivity contribution is 0.488. The molecule has 21 heavy (non-hydrogen) atoms. The van der Waals surface area contributed by atoms with Gasteiger partial charge >= 0.3 is 0 Å². The maximum absolute atomic E-state index is 12.1. The Morgan fingerprint density at radius 2 is 1.76 bits per heavy atom. The van der Waals surface area contributed by atoms with E-state index >= 15 is 0 Å². The predicted molar refractivity (Wildman–Crippen MR) is 85.1 cm³/mol. The normalized spacial score (nSPS) is 13.1. The van der Waals surface area contributed by atoms with Gasteiger partial charge in [-0.15, -0.1) is 0 Å². The summed E-state index contributed by atoms with van der Waals surface area (Å²) in [6.07, 6.45) is 2.99. The molecule has 0 aliphatic carbocycles. The number of hydrogen-bond acceptors (Lipinski definition) is 3. The monoisotopic (exact) mass is 308 g/mol. The average molecular weight is 308 g/mol. The van der Waals surface area contributed by atoms with Crippen LogP contribution in [0.15, 0.2) is 24.3 Å². The zero-order valence-corrected chi connectivity index (χ0v) is 13.8. The second-order valence-corrected chi connectivity index (χ2v) is 7.67. The molecule has 0 fully saturated rings. The molecule has 0 aliphatic rings. The molecule has 4 nitrogen and oxygen atoms in total. The Morgan fingerprint density at radius 3 is 2.29 bits per heavy atom. The van der Waals surface area contributed by atoms with Crippen molar-refractivity contribution in [3.63, 3.8) is 0 Å². The van der Waals surface area contributed by atoms with Crippen molar-refractivity contribution in [3.8, 4) is 6.07 Å². The van der Waals surface area contributed by atoms with E-state index in [9.17, 15) is 8.42 Å². The fourth-order valence-electron chi connectivity index (χ4n) is 2.13. The highest BCUT2D eigenvalue weighted by Crippen LogP contribution is 2.11. The average Bonchev–Trinajstić information content (AvgIpc) is 2.38. The fraction of sp³-hybridized carbons (Fsp3) is 0.562. The van der Waals surface area contributed by atoms with E-state index in [0.29, 0.717) is 17.0 Å². The molecule has 0 heterocycles. The van der Waals surface area contributed by atoms with Gasteiger partial charge in [0.2, 0.25) is 10.0 Å². The number of nitrogens with one attached hydrogen (secondary N) is 1. The lowest BCUT2D eigenvalue weighted by Crippen LogP contribution is -2.33. The zero-order valence-electron chi connectivity index (χ0n) is 13.0. The zero-order chi connectivity index (χ0) is 15.9. The smallest absolute Gasteiger partial charge is 0.212 e. The number of nitriles is 1. The Morgan fingerprint density at radius 1 is 1.14 bits per heavy atom. The second kappa shape index (κ2) is 8.16. The van der Waals surface area contributed by atoms with E-state index in [1.54, 1.807) is 24.3 Å². The highest BCUT2D eigenvalue weighted by atomic mass is 32.2. The van der Waals surface area contributed by atoms with Gasteiger partial charge in [0.25, 0.3) is 0 Å². The summed E-state index contributed by atoms with van der Waals surface area (Å²) in [5, 5.41) is 8.72. The molecule has 116 valence electrons. The molecule has 0 radical (unpaired) electrons. The summed E-state index contributed by atoms with van der Waals surface area (Å²) in [6.45, 7) is 6.23. The number of nitrogens with zero attached hydrogens (tertiary/aromatic N) is 1. The maximum Gasteiger partial charge on any atom is 0.216 e. The SMILES string of the molecule is CC(C)CCCC(C)NS(=O)(=O)Cc1ccc(C#N)cc1. The molecular weight excluding hydrogens is 284 g/mol. The Labute approximate surface area is 128 Å². The lowest BCUT2D eigenvalue weighted by Gasteiger charge is -2.15. The van der Waals surface area contributed by atoms with E-state index in [4.69, 9.17) is 5.26 Å². The van der Waals surface area contributed by atoms with Crippen LogP contribution in [0.3, 0.4) is 0 Å². The van der Waals surface area contributed by atoms with Gasteiger partial charge in [-0.05, 0) is 37.0 Å². The van der Waals surface area contributed by atoms with Crippen molar-refractivity contribution in [3.05, 3.63) is 35.4 Å². The molecule has 0 saturated heterocycles. The minimum absolute atomic E-state index is 0.0484. The quantitative estimate of drug-likeness (QED) is 0.801. The highest BCUT2D eigenvalue weighted by Gasteiger charge is 2.15. The maximum atomic E-state index is 12.1. The summed E-state index contributed by atoms with van der Waals surface area (Å²) in [6, 6.07) is 8.60. The van der Waals surface area contributed by atoms with Crippen LogP contribution < -0.4 is 4.72 Å². The van der Waals surface area contributed by atoms with Crippen molar-refractivity contribution in [2.75, 3.05) is 0 Å². The number of hydrogen-bond donors (Lipinski definition) is 1. The summed E-state index contributed by atoms with van der Waals surface area (Å²) >= 11 is 0. The molecule has 1 aromatic carbocycles. The first kappa shape index (κ1) is 17.7. The van der Waals surface area contributed by atoms with E-state index in [2.05, 4.69) is 18.6 Å². The Bertz CT molecular complexity index is 571. The molecule has 1 rings (SSSR count). The van der Waals surface area contributed by atoms with Crippen molar-refractivity contribution < 1.29 is 8.42 Å². The van der Waals surface area contributed by atoms with Gasteiger partial charge in [-0.1, -0.05) is 38.8 Å². The summed E-state index contributed by atoms with van der Waals surface area (Å²) in [5.41, 5.74) is 1.22. The minimum Gasteiger partial charge on any atom is -0.212 e. The first-order valence-electron chi connectivity index (χ1n) is 7.31.